The number of piperidine rings is 1. The molecule has 0 spiro atoms. The molecule has 2 fully saturated rings. The van der Waals surface area contributed by atoms with Gasteiger partial charge in [-0.05, 0) is 128 Å². The Hall–Kier alpha value is -2.06. The van der Waals surface area contributed by atoms with Crippen LogP contribution in [0, 0.1) is 0 Å². The monoisotopic (exact) mass is 568 g/mol. The van der Waals surface area contributed by atoms with Gasteiger partial charge in [0.15, 0.2) is 0 Å². The van der Waals surface area contributed by atoms with Gasteiger partial charge >= 0.3 is 12.4 Å². The molecule has 0 saturated carbocycles. The average molecular weight is 569 g/mol. The maximum Gasteiger partial charge on any atom is 0.416 e. The van der Waals surface area contributed by atoms with Crippen molar-refractivity contribution in [1.82, 2.24) is 10.2 Å². The van der Waals surface area contributed by atoms with Gasteiger partial charge in [0, 0.05) is 6.04 Å². The van der Waals surface area contributed by atoms with E-state index in [0.717, 1.165) is 62.5 Å². The zero-order chi connectivity index (χ0) is 29.7. The third kappa shape index (κ3) is 6.70. The van der Waals surface area contributed by atoms with Crippen molar-refractivity contribution in [2.45, 2.75) is 102 Å². The van der Waals surface area contributed by atoms with Crippen LogP contribution in [0.1, 0.15) is 111 Å². The topological polar surface area (TPSA) is 15.3 Å². The van der Waals surface area contributed by atoms with Crippen molar-refractivity contribution in [2.75, 3.05) is 26.7 Å². The fourth-order valence-corrected chi connectivity index (χ4v) is 6.59. The first-order chi connectivity index (χ1) is 18.4. The molecule has 2 nitrogen and oxygen atoms in total. The number of hydrogen-bond donors (Lipinski definition) is 1. The van der Waals surface area contributed by atoms with Crippen molar-refractivity contribution in [1.29, 1.82) is 0 Å². The van der Waals surface area contributed by atoms with Gasteiger partial charge in [0.25, 0.3) is 0 Å². The Morgan fingerprint density at radius 1 is 0.800 bits per heavy atom. The quantitative estimate of drug-likeness (QED) is 0.363. The van der Waals surface area contributed by atoms with Gasteiger partial charge in [0.05, 0.1) is 11.1 Å². The summed E-state index contributed by atoms with van der Waals surface area (Å²) in [5, 5.41) is 3.33. The van der Waals surface area contributed by atoms with Crippen LogP contribution < -0.4 is 5.32 Å². The van der Waals surface area contributed by atoms with Crippen molar-refractivity contribution in [3.8, 4) is 0 Å². The van der Waals surface area contributed by atoms with E-state index >= 15 is 0 Å². The van der Waals surface area contributed by atoms with Crippen LogP contribution in [-0.4, -0.2) is 31.6 Å². The zero-order valence-corrected chi connectivity index (χ0v) is 24.4. The molecule has 0 aromatic heterocycles. The van der Waals surface area contributed by atoms with Crippen molar-refractivity contribution < 1.29 is 26.3 Å². The number of alkyl halides is 6. The van der Waals surface area contributed by atoms with Gasteiger partial charge in [-0.1, -0.05) is 40.7 Å². The standard InChI is InChI=1S/C32H42F6N2/c1-29(2,3)26-18-23(32(36,37)38)16-21(28(26)20-11-14-40(6)15-12-20)19-30(4,5)25-10-9-22(31(33,34)35)17-24(25)27-8-7-13-39-27/h9-10,16-18,20,27,39H,7-8,11-15,19H2,1-6H3. The summed E-state index contributed by atoms with van der Waals surface area (Å²) in [5.41, 5.74) is 1.15. The van der Waals surface area contributed by atoms with Gasteiger partial charge in [-0.3, -0.25) is 0 Å². The summed E-state index contributed by atoms with van der Waals surface area (Å²) < 4.78 is 83.8. The highest BCUT2D eigenvalue weighted by Gasteiger charge is 2.39. The van der Waals surface area contributed by atoms with E-state index in [1.165, 1.54) is 18.2 Å². The molecule has 1 N–H and O–H groups in total. The zero-order valence-electron chi connectivity index (χ0n) is 24.4. The van der Waals surface area contributed by atoms with E-state index in [-0.39, 0.29) is 12.0 Å². The van der Waals surface area contributed by atoms with Crippen molar-refractivity contribution in [3.05, 3.63) is 69.3 Å². The van der Waals surface area contributed by atoms with Crippen LogP contribution in [0.2, 0.25) is 0 Å². The van der Waals surface area contributed by atoms with Gasteiger partial charge < -0.3 is 10.2 Å². The fraction of sp³-hybridized carbons (Fsp3) is 0.625. The summed E-state index contributed by atoms with van der Waals surface area (Å²) in [7, 11) is 2.06. The lowest BCUT2D eigenvalue weighted by atomic mass is 9.70. The van der Waals surface area contributed by atoms with Crippen molar-refractivity contribution in [3.63, 3.8) is 0 Å². The van der Waals surface area contributed by atoms with Gasteiger partial charge in [-0.15, -0.1) is 0 Å². The highest BCUT2D eigenvalue weighted by atomic mass is 19.4. The Morgan fingerprint density at radius 3 is 1.95 bits per heavy atom. The third-order valence-electron chi connectivity index (χ3n) is 8.70. The van der Waals surface area contributed by atoms with E-state index in [1.807, 2.05) is 34.6 Å². The van der Waals surface area contributed by atoms with E-state index in [2.05, 4.69) is 17.3 Å². The van der Waals surface area contributed by atoms with Crippen molar-refractivity contribution in [2.24, 2.45) is 0 Å². The third-order valence-corrected chi connectivity index (χ3v) is 8.70. The summed E-state index contributed by atoms with van der Waals surface area (Å²) in [4.78, 5) is 2.24. The number of nitrogens with zero attached hydrogens (tertiary/aromatic N) is 1. The summed E-state index contributed by atoms with van der Waals surface area (Å²) in [6.45, 7) is 12.2. The summed E-state index contributed by atoms with van der Waals surface area (Å²) in [6.07, 6.45) is -5.37. The molecule has 2 saturated heterocycles. The lowest BCUT2D eigenvalue weighted by molar-refractivity contribution is -0.138. The predicted octanol–water partition coefficient (Wildman–Crippen LogP) is 8.78. The Morgan fingerprint density at radius 2 is 1.43 bits per heavy atom. The fourth-order valence-electron chi connectivity index (χ4n) is 6.59. The second-order valence-corrected chi connectivity index (χ2v) is 13.4. The smallest absolute Gasteiger partial charge is 0.310 e. The highest BCUT2D eigenvalue weighted by molar-refractivity contribution is 5.49. The van der Waals surface area contributed by atoms with Crippen LogP contribution in [0.3, 0.4) is 0 Å². The molecule has 4 rings (SSSR count). The van der Waals surface area contributed by atoms with Crippen LogP contribution in [-0.2, 0) is 29.6 Å². The molecule has 1 unspecified atom stereocenters. The number of hydrogen-bond acceptors (Lipinski definition) is 2. The average Bonchev–Trinajstić information content (AvgIpc) is 3.37. The molecule has 0 bridgehead atoms. The molecule has 222 valence electrons. The summed E-state index contributed by atoms with van der Waals surface area (Å²) in [6, 6.07) is 6.33. The maximum absolute atomic E-state index is 14.2. The molecule has 2 aliphatic rings. The van der Waals surface area contributed by atoms with Gasteiger partial charge in [0.2, 0.25) is 0 Å². The lowest BCUT2D eigenvalue weighted by Gasteiger charge is -2.37. The second kappa shape index (κ2) is 11.0. The molecular weight excluding hydrogens is 526 g/mol. The highest BCUT2D eigenvalue weighted by Crippen LogP contribution is 2.45. The van der Waals surface area contributed by atoms with Gasteiger partial charge in [-0.2, -0.15) is 26.3 Å². The lowest BCUT2D eigenvalue weighted by Crippen LogP contribution is -2.32. The van der Waals surface area contributed by atoms with E-state index < -0.39 is 34.3 Å². The molecule has 1 atom stereocenters. The Balaban J connectivity index is 1.88. The first kappa shape index (κ1) is 30.9. The number of benzene rings is 2. The summed E-state index contributed by atoms with van der Waals surface area (Å²) >= 11 is 0. The van der Waals surface area contributed by atoms with Gasteiger partial charge in [0.1, 0.15) is 0 Å². The largest absolute Gasteiger partial charge is 0.416 e. The van der Waals surface area contributed by atoms with E-state index in [1.54, 1.807) is 6.07 Å². The van der Waals surface area contributed by atoms with Crippen LogP contribution >= 0.6 is 0 Å². The SMILES string of the molecule is CN1CCC(c2c(CC(C)(C)c3ccc(C(F)(F)F)cc3C3CCCN3)cc(C(F)(F)F)cc2C(C)(C)C)CC1. The van der Waals surface area contributed by atoms with E-state index in [9.17, 15) is 26.3 Å². The summed E-state index contributed by atoms with van der Waals surface area (Å²) in [5.74, 6) is 0.127. The number of nitrogens with one attached hydrogen (secondary N) is 1. The van der Waals surface area contributed by atoms with E-state index in [4.69, 9.17) is 0 Å². The maximum atomic E-state index is 14.2. The van der Waals surface area contributed by atoms with Crippen LogP contribution in [0.25, 0.3) is 0 Å². The molecule has 0 radical (unpaired) electrons. The van der Waals surface area contributed by atoms with Gasteiger partial charge in [-0.25, -0.2) is 0 Å². The Bertz CT molecular complexity index is 1190. The molecule has 2 heterocycles. The van der Waals surface area contributed by atoms with Crippen molar-refractivity contribution >= 4 is 0 Å². The normalized spacial score (nSPS) is 20.4. The van der Waals surface area contributed by atoms with Crippen LogP contribution in [0.5, 0.6) is 0 Å². The van der Waals surface area contributed by atoms with Crippen LogP contribution in [0.15, 0.2) is 30.3 Å². The minimum absolute atomic E-state index is 0.127. The molecule has 2 aromatic rings. The molecule has 0 aliphatic carbocycles. The minimum atomic E-state index is -4.50. The first-order valence-electron chi connectivity index (χ1n) is 14.3. The predicted molar refractivity (Wildman–Crippen MR) is 148 cm³/mol. The van der Waals surface area contributed by atoms with Crippen LogP contribution in [0.4, 0.5) is 26.3 Å². The second-order valence-electron chi connectivity index (χ2n) is 13.4. The minimum Gasteiger partial charge on any atom is -0.310 e. The molecule has 2 aliphatic heterocycles. The molecule has 0 amide bonds. The van der Waals surface area contributed by atoms with E-state index in [0.29, 0.717) is 23.1 Å². The number of likely N-dealkylation sites (tertiary alicyclic amines) is 1. The number of halogens is 6. The Kier molecular flexibility index (Phi) is 8.47. The molecule has 40 heavy (non-hydrogen) atoms. The number of rotatable bonds is 5. The molecule has 2 aromatic carbocycles. The first-order valence-corrected chi connectivity index (χ1v) is 14.3. The molecule has 8 heteroatoms. The molecular formula is C32H42F6N2. The Labute approximate surface area is 234 Å².